The van der Waals surface area contributed by atoms with Crippen molar-refractivity contribution in [3.05, 3.63) is 28.2 Å². The molecule has 0 heterocycles. The van der Waals surface area contributed by atoms with Crippen molar-refractivity contribution in [2.24, 2.45) is 0 Å². The minimum Gasteiger partial charge on any atom is -0.480 e. The zero-order chi connectivity index (χ0) is 15.3. The molecule has 0 radical (unpaired) electrons. The van der Waals surface area contributed by atoms with Crippen molar-refractivity contribution in [2.75, 3.05) is 18.4 Å². The fourth-order valence-corrected chi connectivity index (χ4v) is 1.63. The molecule has 20 heavy (non-hydrogen) atoms. The van der Waals surface area contributed by atoms with E-state index in [1.54, 1.807) is 0 Å². The standard InChI is InChI=1S/C12H9BrF2N2O3/c1-2-3-17(6-11(18)19)12(20)16-10-4-7(13)8(14)5-9(10)15/h1,4-5H,3,6H2,(H,16,20)(H,18,19). The van der Waals surface area contributed by atoms with E-state index in [-0.39, 0.29) is 16.7 Å². The van der Waals surface area contributed by atoms with Crippen LogP contribution in [0.1, 0.15) is 0 Å². The number of carboxylic acids is 1. The number of carbonyl (C=O) groups excluding carboxylic acids is 1. The average molecular weight is 347 g/mol. The quantitative estimate of drug-likeness (QED) is 0.649. The van der Waals surface area contributed by atoms with E-state index in [0.29, 0.717) is 6.07 Å². The van der Waals surface area contributed by atoms with Crippen molar-refractivity contribution in [1.82, 2.24) is 4.90 Å². The first-order valence-electron chi connectivity index (χ1n) is 5.21. The SMILES string of the molecule is C#CCN(CC(=O)O)C(=O)Nc1cc(Br)c(F)cc1F. The largest absolute Gasteiger partial charge is 0.480 e. The number of aliphatic carboxylic acids is 1. The van der Waals surface area contributed by atoms with Gasteiger partial charge in [0, 0.05) is 6.07 Å². The molecule has 0 bridgehead atoms. The van der Waals surface area contributed by atoms with E-state index < -0.39 is 30.2 Å². The Hall–Kier alpha value is -2.14. The summed E-state index contributed by atoms with van der Waals surface area (Å²) < 4.78 is 26.4. The van der Waals surface area contributed by atoms with Gasteiger partial charge in [0.25, 0.3) is 0 Å². The Morgan fingerprint density at radius 1 is 1.40 bits per heavy atom. The van der Waals surface area contributed by atoms with E-state index in [1.165, 1.54) is 0 Å². The Morgan fingerprint density at radius 2 is 2.05 bits per heavy atom. The molecule has 2 N–H and O–H groups in total. The molecule has 0 spiro atoms. The predicted molar refractivity (Wildman–Crippen MR) is 71.1 cm³/mol. The molecule has 0 aliphatic heterocycles. The lowest BCUT2D eigenvalue weighted by Crippen LogP contribution is -2.39. The highest BCUT2D eigenvalue weighted by molar-refractivity contribution is 9.10. The summed E-state index contributed by atoms with van der Waals surface area (Å²) in [6, 6.07) is 0.711. The van der Waals surface area contributed by atoms with Crippen molar-refractivity contribution >= 4 is 33.6 Å². The van der Waals surface area contributed by atoms with Crippen molar-refractivity contribution in [1.29, 1.82) is 0 Å². The number of nitrogens with zero attached hydrogens (tertiary/aromatic N) is 1. The van der Waals surface area contributed by atoms with Gasteiger partial charge >= 0.3 is 12.0 Å². The number of benzene rings is 1. The van der Waals surface area contributed by atoms with Gasteiger partial charge in [-0.25, -0.2) is 13.6 Å². The summed E-state index contributed by atoms with van der Waals surface area (Å²) in [5.74, 6) is -0.972. The van der Waals surface area contributed by atoms with Crippen molar-refractivity contribution < 1.29 is 23.5 Å². The number of halogens is 3. The first kappa shape index (κ1) is 15.9. The second-order valence-electron chi connectivity index (χ2n) is 3.63. The fraction of sp³-hybridized carbons (Fsp3) is 0.167. The lowest BCUT2D eigenvalue weighted by atomic mass is 10.3. The van der Waals surface area contributed by atoms with Gasteiger partial charge in [-0.3, -0.25) is 4.79 Å². The lowest BCUT2D eigenvalue weighted by Gasteiger charge is -2.19. The molecule has 0 fully saturated rings. The number of urea groups is 1. The van der Waals surface area contributed by atoms with Gasteiger partial charge in [0.05, 0.1) is 16.7 Å². The summed E-state index contributed by atoms with van der Waals surface area (Å²) in [7, 11) is 0. The highest BCUT2D eigenvalue weighted by Crippen LogP contribution is 2.23. The van der Waals surface area contributed by atoms with Crippen LogP contribution in [0.2, 0.25) is 0 Å². The number of hydrogen-bond donors (Lipinski definition) is 2. The maximum Gasteiger partial charge on any atom is 0.323 e. The third-order valence-corrected chi connectivity index (χ3v) is 2.75. The summed E-state index contributed by atoms with van der Waals surface area (Å²) in [5.41, 5.74) is -0.296. The van der Waals surface area contributed by atoms with Crippen LogP contribution in [-0.4, -0.2) is 35.1 Å². The number of anilines is 1. The average Bonchev–Trinajstić information content (AvgIpc) is 2.34. The van der Waals surface area contributed by atoms with Crippen LogP contribution in [-0.2, 0) is 4.79 Å². The summed E-state index contributed by atoms with van der Waals surface area (Å²) in [6.07, 6.45) is 5.01. The van der Waals surface area contributed by atoms with Crippen molar-refractivity contribution in [3.8, 4) is 12.3 Å². The Morgan fingerprint density at radius 3 is 2.60 bits per heavy atom. The topological polar surface area (TPSA) is 69.6 Å². The predicted octanol–water partition coefficient (Wildman–Crippen LogP) is 2.28. The van der Waals surface area contributed by atoms with Crippen LogP contribution >= 0.6 is 15.9 Å². The monoisotopic (exact) mass is 346 g/mol. The van der Waals surface area contributed by atoms with Crippen LogP contribution < -0.4 is 5.32 Å². The third kappa shape index (κ3) is 4.20. The van der Waals surface area contributed by atoms with Gasteiger partial charge in [-0.2, -0.15) is 0 Å². The van der Waals surface area contributed by atoms with Gasteiger partial charge in [-0.05, 0) is 22.0 Å². The maximum atomic E-state index is 13.5. The number of carboxylic acid groups (broad SMARTS) is 1. The number of hydrogen-bond acceptors (Lipinski definition) is 2. The maximum absolute atomic E-state index is 13.5. The van der Waals surface area contributed by atoms with Crippen molar-refractivity contribution in [2.45, 2.75) is 0 Å². The zero-order valence-corrected chi connectivity index (χ0v) is 11.6. The molecular weight excluding hydrogens is 338 g/mol. The fourth-order valence-electron chi connectivity index (χ4n) is 1.29. The van der Waals surface area contributed by atoms with Crippen molar-refractivity contribution in [3.63, 3.8) is 0 Å². The molecule has 106 valence electrons. The molecule has 0 unspecified atom stereocenters. The van der Waals surface area contributed by atoms with Crippen LogP contribution in [0.15, 0.2) is 16.6 Å². The molecule has 0 aliphatic carbocycles. The molecule has 2 amide bonds. The molecule has 1 rings (SSSR count). The number of terminal acetylenes is 1. The molecule has 1 aromatic carbocycles. The van der Waals surface area contributed by atoms with Gasteiger partial charge in [0.1, 0.15) is 18.2 Å². The first-order chi connectivity index (χ1) is 9.35. The van der Waals surface area contributed by atoms with Crippen LogP contribution in [0.3, 0.4) is 0 Å². The lowest BCUT2D eigenvalue weighted by molar-refractivity contribution is -0.137. The minimum atomic E-state index is -1.27. The molecular formula is C12H9BrF2N2O3. The van der Waals surface area contributed by atoms with Gasteiger partial charge in [-0.15, -0.1) is 6.42 Å². The van der Waals surface area contributed by atoms with E-state index in [2.05, 4.69) is 27.2 Å². The van der Waals surface area contributed by atoms with E-state index in [9.17, 15) is 18.4 Å². The third-order valence-electron chi connectivity index (χ3n) is 2.15. The summed E-state index contributed by atoms with van der Waals surface area (Å²) in [5, 5.41) is 10.8. The molecule has 0 atom stereocenters. The first-order valence-corrected chi connectivity index (χ1v) is 6.00. The highest BCUT2D eigenvalue weighted by atomic mass is 79.9. The zero-order valence-electron chi connectivity index (χ0n) is 9.99. The number of rotatable bonds is 4. The van der Waals surface area contributed by atoms with Gasteiger partial charge in [0.15, 0.2) is 0 Å². The second kappa shape index (κ2) is 6.86. The van der Waals surface area contributed by atoms with E-state index in [1.807, 2.05) is 0 Å². The minimum absolute atomic E-state index is 0.0454. The van der Waals surface area contributed by atoms with Gasteiger partial charge in [0.2, 0.25) is 0 Å². The summed E-state index contributed by atoms with van der Waals surface area (Å²) in [6.45, 7) is -0.901. The smallest absolute Gasteiger partial charge is 0.323 e. The number of nitrogens with one attached hydrogen (secondary N) is 1. The summed E-state index contributed by atoms with van der Waals surface area (Å²) in [4.78, 5) is 23.1. The molecule has 0 aliphatic rings. The highest BCUT2D eigenvalue weighted by Gasteiger charge is 2.18. The normalized spacial score (nSPS) is 9.70. The molecule has 0 aromatic heterocycles. The van der Waals surface area contributed by atoms with Crippen LogP contribution in [0, 0.1) is 24.0 Å². The van der Waals surface area contributed by atoms with E-state index >= 15 is 0 Å². The van der Waals surface area contributed by atoms with Crippen LogP contribution in [0.5, 0.6) is 0 Å². The van der Waals surface area contributed by atoms with Crippen LogP contribution in [0.4, 0.5) is 19.3 Å². The number of amides is 2. The van der Waals surface area contributed by atoms with E-state index in [4.69, 9.17) is 11.5 Å². The molecule has 0 saturated carbocycles. The molecule has 5 nitrogen and oxygen atoms in total. The Labute approximate surface area is 121 Å². The van der Waals surface area contributed by atoms with Gasteiger partial charge in [-0.1, -0.05) is 5.92 Å². The molecule has 1 aromatic rings. The molecule has 8 heteroatoms. The number of carbonyl (C=O) groups is 2. The van der Waals surface area contributed by atoms with Gasteiger partial charge < -0.3 is 15.3 Å². The summed E-state index contributed by atoms with van der Waals surface area (Å²) >= 11 is 2.85. The Bertz CT molecular complexity index is 587. The molecule has 0 saturated heterocycles. The second-order valence-corrected chi connectivity index (χ2v) is 4.48. The van der Waals surface area contributed by atoms with Crippen LogP contribution in [0.25, 0.3) is 0 Å². The van der Waals surface area contributed by atoms with E-state index in [0.717, 1.165) is 11.0 Å². The Balaban J connectivity index is 2.91. The Kier molecular flexibility index (Phi) is 5.46.